The van der Waals surface area contributed by atoms with Gasteiger partial charge in [0.05, 0.1) is 11.6 Å². The molecule has 1 aliphatic heterocycles. The Morgan fingerprint density at radius 3 is 3.16 bits per heavy atom. The summed E-state index contributed by atoms with van der Waals surface area (Å²) in [6.07, 6.45) is 1.48. The molecule has 1 amide bonds. The van der Waals surface area contributed by atoms with Gasteiger partial charge in [0.25, 0.3) is 5.91 Å². The van der Waals surface area contributed by atoms with Gasteiger partial charge in [-0.2, -0.15) is 5.26 Å². The van der Waals surface area contributed by atoms with E-state index in [1.165, 1.54) is 6.26 Å². The van der Waals surface area contributed by atoms with Crippen molar-refractivity contribution in [2.45, 2.75) is 6.04 Å². The first-order valence-corrected chi connectivity index (χ1v) is 6.19. The first kappa shape index (κ1) is 11.8. The number of amides is 1. The Balaban J connectivity index is 1.97. The molecule has 2 heterocycles. The lowest BCUT2D eigenvalue weighted by Crippen LogP contribution is -2.52. The van der Waals surface area contributed by atoms with Crippen molar-refractivity contribution < 1.29 is 9.21 Å². The number of fused-ring (bicyclic) bond motifs is 1. The van der Waals surface area contributed by atoms with Crippen molar-refractivity contribution in [2.24, 2.45) is 0 Å². The highest BCUT2D eigenvalue weighted by Crippen LogP contribution is 2.23. The van der Waals surface area contributed by atoms with Crippen molar-refractivity contribution >= 4 is 16.9 Å². The summed E-state index contributed by atoms with van der Waals surface area (Å²) in [6.45, 7) is 1.76. The molecule has 3 rings (SSSR count). The minimum Gasteiger partial charge on any atom is -0.463 e. The van der Waals surface area contributed by atoms with Crippen LogP contribution in [-0.2, 0) is 0 Å². The quantitative estimate of drug-likeness (QED) is 0.835. The zero-order valence-electron chi connectivity index (χ0n) is 10.3. The summed E-state index contributed by atoms with van der Waals surface area (Å²) in [4.78, 5) is 14.1. The number of para-hydroxylation sites is 1. The molecule has 0 bridgehead atoms. The fraction of sp³-hybridized carbons (Fsp3) is 0.286. The van der Waals surface area contributed by atoms with Crippen LogP contribution < -0.4 is 5.32 Å². The van der Waals surface area contributed by atoms with E-state index in [0.717, 1.165) is 5.39 Å². The summed E-state index contributed by atoms with van der Waals surface area (Å²) in [7, 11) is 0. The SMILES string of the molecule is N#CC1CNCCN1C(=O)c1coc2ccccc12. The molecule has 1 N–H and O–H groups in total. The molecule has 19 heavy (non-hydrogen) atoms. The van der Waals surface area contributed by atoms with E-state index in [9.17, 15) is 4.79 Å². The first-order chi connectivity index (χ1) is 9.31. The minimum absolute atomic E-state index is 0.141. The lowest BCUT2D eigenvalue weighted by molar-refractivity contribution is 0.0688. The number of nitrogens with one attached hydrogen (secondary N) is 1. The lowest BCUT2D eigenvalue weighted by atomic mass is 10.1. The summed E-state index contributed by atoms with van der Waals surface area (Å²) < 4.78 is 5.38. The van der Waals surface area contributed by atoms with Crippen molar-refractivity contribution in [3.05, 3.63) is 36.1 Å². The van der Waals surface area contributed by atoms with Crippen LogP contribution in [0.4, 0.5) is 0 Å². The number of benzene rings is 1. The number of hydrogen-bond donors (Lipinski definition) is 1. The van der Waals surface area contributed by atoms with E-state index in [-0.39, 0.29) is 5.91 Å². The van der Waals surface area contributed by atoms with E-state index in [1.807, 2.05) is 24.3 Å². The van der Waals surface area contributed by atoms with Gasteiger partial charge in [-0.15, -0.1) is 0 Å². The fourth-order valence-electron chi connectivity index (χ4n) is 2.36. The molecule has 5 nitrogen and oxygen atoms in total. The molecule has 0 radical (unpaired) electrons. The maximum absolute atomic E-state index is 12.5. The second-order valence-electron chi connectivity index (χ2n) is 4.49. The topological polar surface area (TPSA) is 69.3 Å². The van der Waals surface area contributed by atoms with E-state index >= 15 is 0 Å². The number of hydrogen-bond acceptors (Lipinski definition) is 4. The molecule has 0 aliphatic carbocycles. The standard InChI is InChI=1S/C14H13N3O2/c15-7-10-8-16-5-6-17(10)14(18)12-9-19-13-4-2-1-3-11(12)13/h1-4,9-10,16H,5-6,8H2. The largest absolute Gasteiger partial charge is 0.463 e. The van der Waals surface area contributed by atoms with E-state index in [1.54, 1.807) is 4.90 Å². The van der Waals surface area contributed by atoms with Gasteiger partial charge in [0, 0.05) is 25.0 Å². The summed E-state index contributed by atoms with van der Waals surface area (Å²) in [6, 6.07) is 9.15. The summed E-state index contributed by atoms with van der Waals surface area (Å²) in [5.41, 5.74) is 1.22. The number of carbonyl (C=O) groups is 1. The third-order valence-electron chi connectivity index (χ3n) is 3.36. The molecule has 1 atom stereocenters. The van der Waals surface area contributed by atoms with Crippen LogP contribution in [0.5, 0.6) is 0 Å². The molecule has 1 aliphatic rings. The van der Waals surface area contributed by atoms with Crippen LogP contribution in [0.1, 0.15) is 10.4 Å². The highest BCUT2D eigenvalue weighted by molar-refractivity contribution is 6.06. The fourth-order valence-corrected chi connectivity index (χ4v) is 2.36. The number of piperazine rings is 1. The third-order valence-corrected chi connectivity index (χ3v) is 3.36. The Bertz CT molecular complexity index is 656. The molecule has 1 saturated heterocycles. The van der Waals surface area contributed by atoms with Crippen LogP contribution in [0.15, 0.2) is 34.9 Å². The number of nitriles is 1. The van der Waals surface area contributed by atoms with Gasteiger partial charge in [0.1, 0.15) is 17.9 Å². The summed E-state index contributed by atoms with van der Waals surface area (Å²) in [5, 5.41) is 13.0. The Kier molecular flexibility index (Phi) is 2.94. The van der Waals surface area contributed by atoms with Gasteiger partial charge < -0.3 is 14.6 Å². The maximum atomic E-state index is 12.5. The Hall–Kier alpha value is -2.32. The van der Waals surface area contributed by atoms with Crippen LogP contribution in [0.3, 0.4) is 0 Å². The van der Waals surface area contributed by atoms with Gasteiger partial charge in [0.15, 0.2) is 0 Å². The van der Waals surface area contributed by atoms with Crippen molar-refractivity contribution in [1.82, 2.24) is 10.2 Å². The molecular formula is C14H13N3O2. The Morgan fingerprint density at radius 1 is 1.47 bits per heavy atom. The molecule has 0 spiro atoms. The zero-order chi connectivity index (χ0) is 13.2. The van der Waals surface area contributed by atoms with Gasteiger partial charge in [0.2, 0.25) is 0 Å². The van der Waals surface area contributed by atoms with Crippen LogP contribution >= 0.6 is 0 Å². The van der Waals surface area contributed by atoms with E-state index in [0.29, 0.717) is 30.8 Å². The molecule has 0 saturated carbocycles. The number of furan rings is 1. The second kappa shape index (κ2) is 4.75. The molecule has 5 heteroatoms. The van der Waals surface area contributed by atoms with Crippen molar-refractivity contribution in [1.29, 1.82) is 5.26 Å². The second-order valence-corrected chi connectivity index (χ2v) is 4.49. The molecule has 1 aromatic carbocycles. The van der Waals surface area contributed by atoms with Gasteiger partial charge >= 0.3 is 0 Å². The highest BCUT2D eigenvalue weighted by atomic mass is 16.3. The van der Waals surface area contributed by atoms with Crippen LogP contribution in [-0.4, -0.2) is 36.5 Å². The summed E-state index contributed by atoms with van der Waals surface area (Å²) >= 11 is 0. The number of rotatable bonds is 1. The smallest absolute Gasteiger partial charge is 0.258 e. The number of nitrogens with zero attached hydrogens (tertiary/aromatic N) is 2. The van der Waals surface area contributed by atoms with Crippen molar-refractivity contribution in [3.63, 3.8) is 0 Å². The van der Waals surface area contributed by atoms with Crippen molar-refractivity contribution in [3.8, 4) is 6.07 Å². The van der Waals surface area contributed by atoms with Crippen LogP contribution in [0.2, 0.25) is 0 Å². The zero-order valence-corrected chi connectivity index (χ0v) is 10.3. The average Bonchev–Trinajstić information content (AvgIpc) is 2.90. The van der Waals surface area contributed by atoms with Crippen molar-refractivity contribution in [2.75, 3.05) is 19.6 Å². The van der Waals surface area contributed by atoms with Gasteiger partial charge in [-0.3, -0.25) is 4.79 Å². The van der Waals surface area contributed by atoms with Crippen LogP contribution in [0.25, 0.3) is 11.0 Å². The summed E-state index contributed by atoms with van der Waals surface area (Å²) in [5.74, 6) is -0.141. The van der Waals surface area contributed by atoms with Gasteiger partial charge in [-0.25, -0.2) is 0 Å². The van der Waals surface area contributed by atoms with E-state index in [4.69, 9.17) is 9.68 Å². The molecule has 1 aromatic heterocycles. The molecule has 96 valence electrons. The highest BCUT2D eigenvalue weighted by Gasteiger charge is 2.28. The van der Waals surface area contributed by atoms with Gasteiger partial charge in [-0.1, -0.05) is 18.2 Å². The number of carbonyl (C=O) groups excluding carboxylic acids is 1. The average molecular weight is 255 g/mol. The third kappa shape index (κ3) is 1.96. The molecule has 1 fully saturated rings. The monoisotopic (exact) mass is 255 g/mol. The predicted octanol–water partition coefficient (Wildman–Crippen LogP) is 1.37. The lowest BCUT2D eigenvalue weighted by Gasteiger charge is -2.31. The predicted molar refractivity (Wildman–Crippen MR) is 69.5 cm³/mol. The molecule has 2 aromatic rings. The Labute approximate surface area is 110 Å². The minimum atomic E-state index is -0.421. The first-order valence-electron chi connectivity index (χ1n) is 6.19. The normalized spacial score (nSPS) is 19.3. The van der Waals surface area contributed by atoms with Crippen LogP contribution in [0, 0.1) is 11.3 Å². The molecular weight excluding hydrogens is 242 g/mol. The van der Waals surface area contributed by atoms with E-state index in [2.05, 4.69) is 11.4 Å². The van der Waals surface area contributed by atoms with E-state index < -0.39 is 6.04 Å². The Morgan fingerprint density at radius 2 is 2.32 bits per heavy atom. The van der Waals surface area contributed by atoms with Gasteiger partial charge in [-0.05, 0) is 6.07 Å². The maximum Gasteiger partial charge on any atom is 0.258 e. The molecule has 1 unspecified atom stereocenters.